The average Bonchev–Trinajstić information content (AvgIpc) is 3.02. The monoisotopic (exact) mass is 287 g/mol. The second kappa shape index (κ2) is 5.63. The van der Waals surface area contributed by atoms with Crippen LogP contribution in [0.2, 0.25) is 0 Å². The highest BCUT2D eigenvalue weighted by Crippen LogP contribution is 2.24. The molecule has 3 rings (SSSR count). The van der Waals surface area contributed by atoms with Crippen molar-refractivity contribution in [3.8, 4) is 11.4 Å². The lowest BCUT2D eigenvalue weighted by molar-refractivity contribution is 0.609. The Balaban J connectivity index is 1.93. The molecule has 0 atom stereocenters. The molecule has 6 heteroatoms. The summed E-state index contributed by atoms with van der Waals surface area (Å²) in [7, 11) is 3.86. The predicted molar refractivity (Wildman–Crippen MR) is 81.0 cm³/mol. The molecule has 0 amide bonds. The van der Waals surface area contributed by atoms with Crippen molar-refractivity contribution in [2.75, 3.05) is 37.0 Å². The van der Waals surface area contributed by atoms with Crippen LogP contribution in [0.3, 0.4) is 0 Å². The van der Waals surface area contributed by atoms with Crippen molar-refractivity contribution in [2.24, 2.45) is 0 Å². The number of aromatic nitrogens is 3. The van der Waals surface area contributed by atoms with Crippen LogP contribution in [0.5, 0.6) is 0 Å². The van der Waals surface area contributed by atoms with E-state index in [0.717, 1.165) is 37.3 Å². The van der Waals surface area contributed by atoms with Gasteiger partial charge in [-0.05, 0) is 25.0 Å². The van der Waals surface area contributed by atoms with Crippen LogP contribution in [0.1, 0.15) is 12.8 Å². The number of hydrogen-bond donors (Lipinski definition) is 0. The molecule has 5 nitrogen and oxygen atoms in total. The van der Waals surface area contributed by atoms with E-state index in [2.05, 4.69) is 15.0 Å². The van der Waals surface area contributed by atoms with Crippen LogP contribution < -0.4 is 9.80 Å². The summed E-state index contributed by atoms with van der Waals surface area (Å²) >= 11 is 0. The van der Waals surface area contributed by atoms with E-state index in [1.54, 1.807) is 6.20 Å². The van der Waals surface area contributed by atoms with Gasteiger partial charge in [0.15, 0.2) is 17.5 Å². The van der Waals surface area contributed by atoms with Crippen LogP contribution in [0.25, 0.3) is 11.4 Å². The van der Waals surface area contributed by atoms with Crippen molar-refractivity contribution in [2.45, 2.75) is 12.8 Å². The average molecular weight is 287 g/mol. The van der Waals surface area contributed by atoms with Gasteiger partial charge in [-0.3, -0.25) is 0 Å². The molecule has 0 aliphatic carbocycles. The zero-order chi connectivity index (χ0) is 14.8. The van der Waals surface area contributed by atoms with E-state index >= 15 is 0 Å². The second-order valence-electron chi connectivity index (χ2n) is 5.36. The third kappa shape index (κ3) is 2.79. The number of hydrogen-bond acceptors (Lipinski definition) is 5. The zero-order valence-corrected chi connectivity index (χ0v) is 12.3. The number of nitrogens with zero attached hydrogens (tertiary/aromatic N) is 5. The van der Waals surface area contributed by atoms with Gasteiger partial charge in [0.05, 0.1) is 6.20 Å². The van der Waals surface area contributed by atoms with Crippen molar-refractivity contribution < 1.29 is 4.39 Å². The van der Waals surface area contributed by atoms with Gasteiger partial charge in [0.25, 0.3) is 0 Å². The third-order valence-corrected chi connectivity index (χ3v) is 3.60. The molecule has 0 unspecified atom stereocenters. The summed E-state index contributed by atoms with van der Waals surface area (Å²) in [5.74, 6) is 1.41. The fourth-order valence-corrected chi connectivity index (χ4v) is 2.43. The molecular weight excluding hydrogens is 269 g/mol. The summed E-state index contributed by atoms with van der Waals surface area (Å²) in [6.45, 7) is 1.70. The van der Waals surface area contributed by atoms with Crippen molar-refractivity contribution in [3.05, 3.63) is 30.3 Å². The lowest BCUT2D eigenvalue weighted by Gasteiger charge is -2.17. The Kier molecular flexibility index (Phi) is 3.68. The van der Waals surface area contributed by atoms with E-state index < -0.39 is 0 Å². The molecule has 3 heterocycles. The molecule has 0 saturated carbocycles. The maximum absolute atomic E-state index is 13.9. The Labute approximate surface area is 123 Å². The highest BCUT2D eigenvalue weighted by atomic mass is 19.1. The minimum atomic E-state index is -0.362. The minimum Gasteiger partial charge on any atom is -0.363 e. The van der Waals surface area contributed by atoms with Gasteiger partial charge >= 0.3 is 0 Å². The predicted octanol–water partition coefficient (Wildman–Crippen LogP) is 2.34. The molecule has 1 aliphatic rings. The minimum absolute atomic E-state index is 0.362. The van der Waals surface area contributed by atoms with Gasteiger partial charge < -0.3 is 9.80 Å². The van der Waals surface area contributed by atoms with Gasteiger partial charge in [-0.1, -0.05) is 0 Å². The molecule has 2 aromatic rings. The largest absolute Gasteiger partial charge is 0.363 e. The first-order valence-electron chi connectivity index (χ1n) is 7.06. The first-order valence-corrected chi connectivity index (χ1v) is 7.06. The SMILES string of the molecule is CN(C)c1ccc(-c2ncc(F)c(N3CCCC3)n2)cn1. The summed E-state index contributed by atoms with van der Waals surface area (Å²) in [5.41, 5.74) is 0.793. The van der Waals surface area contributed by atoms with Crippen LogP contribution in [-0.2, 0) is 0 Å². The Morgan fingerprint density at radius 3 is 2.48 bits per heavy atom. The Morgan fingerprint density at radius 1 is 1.10 bits per heavy atom. The standard InChI is InChI=1S/C15H18FN5/c1-20(2)13-6-5-11(9-17-13)14-18-10-12(16)15(19-14)21-7-3-4-8-21/h5-6,9-10H,3-4,7-8H2,1-2H3. The van der Waals surface area contributed by atoms with Crippen molar-refractivity contribution in [1.29, 1.82) is 0 Å². The summed E-state index contributed by atoms with van der Waals surface area (Å²) in [6.07, 6.45) is 5.13. The van der Waals surface area contributed by atoms with Crippen LogP contribution in [-0.4, -0.2) is 42.1 Å². The van der Waals surface area contributed by atoms with Gasteiger partial charge in [-0.15, -0.1) is 0 Å². The molecule has 1 aliphatic heterocycles. The lowest BCUT2D eigenvalue weighted by Crippen LogP contribution is -2.21. The Morgan fingerprint density at radius 2 is 1.86 bits per heavy atom. The zero-order valence-electron chi connectivity index (χ0n) is 12.3. The molecule has 21 heavy (non-hydrogen) atoms. The van der Waals surface area contributed by atoms with Gasteiger partial charge in [0.2, 0.25) is 0 Å². The molecule has 0 radical (unpaired) electrons. The van der Waals surface area contributed by atoms with Gasteiger partial charge in [-0.25, -0.2) is 19.3 Å². The molecule has 0 N–H and O–H groups in total. The Bertz CT molecular complexity index is 620. The summed E-state index contributed by atoms with van der Waals surface area (Å²) in [5, 5.41) is 0. The molecule has 1 fully saturated rings. The van der Waals surface area contributed by atoms with E-state index in [4.69, 9.17) is 0 Å². The molecule has 1 saturated heterocycles. The first kappa shape index (κ1) is 13.7. The van der Waals surface area contributed by atoms with Crippen LogP contribution >= 0.6 is 0 Å². The quantitative estimate of drug-likeness (QED) is 0.867. The number of rotatable bonds is 3. The van der Waals surface area contributed by atoms with E-state index in [9.17, 15) is 4.39 Å². The fourth-order valence-electron chi connectivity index (χ4n) is 2.43. The maximum Gasteiger partial charge on any atom is 0.183 e. The van der Waals surface area contributed by atoms with E-state index in [0.29, 0.717) is 11.6 Å². The number of pyridine rings is 1. The first-order chi connectivity index (χ1) is 10.1. The normalized spacial score (nSPS) is 14.5. The van der Waals surface area contributed by atoms with Gasteiger partial charge in [0, 0.05) is 38.9 Å². The van der Waals surface area contributed by atoms with Gasteiger partial charge in [0.1, 0.15) is 5.82 Å². The Hall–Kier alpha value is -2.24. The van der Waals surface area contributed by atoms with Crippen LogP contribution in [0.4, 0.5) is 16.0 Å². The highest BCUT2D eigenvalue weighted by molar-refractivity contribution is 5.58. The molecular formula is C15H18FN5. The smallest absolute Gasteiger partial charge is 0.183 e. The molecule has 2 aromatic heterocycles. The van der Waals surface area contributed by atoms with E-state index in [-0.39, 0.29) is 5.82 Å². The van der Waals surface area contributed by atoms with Crippen LogP contribution in [0.15, 0.2) is 24.5 Å². The summed E-state index contributed by atoms with van der Waals surface area (Å²) in [4.78, 5) is 16.7. The maximum atomic E-state index is 13.9. The lowest BCUT2D eigenvalue weighted by atomic mass is 10.2. The fraction of sp³-hybridized carbons (Fsp3) is 0.400. The van der Waals surface area contributed by atoms with Crippen LogP contribution in [0, 0.1) is 5.82 Å². The highest BCUT2D eigenvalue weighted by Gasteiger charge is 2.19. The van der Waals surface area contributed by atoms with E-state index in [1.165, 1.54) is 6.20 Å². The van der Waals surface area contributed by atoms with Crippen molar-refractivity contribution in [1.82, 2.24) is 15.0 Å². The summed E-state index contributed by atoms with van der Waals surface area (Å²) < 4.78 is 13.9. The third-order valence-electron chi connectivity index (χ3n) is 3.60. The summed E-state index contributed by atoms with van der Waals surface area (Å²) in [6, 6.07) is 3.81. The van der Waals surface area contributed by atoms with Gasteiger partial charge in [-0.2, -0.15) is 0 Å². The topological polar surface area (TPSA) is 45.2 Å². The number of halogens is 1. The second-order valence-corrected chi connectivity index (χ2v) is 5.36. The van der Waals surface area contributed by atoms with E-state index in [1.807, 2.05) is 36.0 Å². The molecule has 0 spiro atoms. The molecule has 0 bridgehead atoms. The van der Waals surface area contributed by atoms with Crippen molar-refractivity contribution in [3.63, 3.8) is 0 Å². The molecule has 110 valence electrons. The molecule has 0 aromatic carbocycles. The number of anilines is 2. The van der Waals surface area contributed by atoms with Crippen molar-refractivity contribution >= 4 is 11.6 Å².